The summed E-state index contributed by atoms with van der Waals surface area (Å²) in [5.41, 5.74) is -1.58. The molecule has 0 aromatic carbocycles. The van der Waals surface area contributed by atoms with Crippen LogP contribution in [-0.4, -0.2) is 23.2 Å². The third kappa shape index (κ3) is 1.92. The normalized spacial score (nSPS) is 11.7. The summed E-state index contributed by atoms with van der Waals surface area (Å²) in [6.45, 7) is -0.345. The maximum atomic E-state index is 12.4. The molecular formula is C7H7F3N2O2. The van der Waals surface area contributed by atoms with Gasteiger partial charge in [0.25, 0.3) is 0 Å². The quantitative estimate of drug-likeness (QED) is 0.703. The topological polar surface area (TPSA) is 44.1 Å². The Morgan fingerprint density at radius 2 is 2.29 bits per heavy atom. The third-order valence-corrected chi connectivity index (χ3v) is 1.51. The Kier molecular flexibility index (Phi) is 2.90. The van der Waals surface area contributed by atoms with E-state index in [1.54, 1.807) is 0 Å². The molecule has 0 radical (unpaired) electrons. The summed E-state index contributed by atoms with van der Waals surface area (Å²) in [4.78, 5) is 10.3. The second-order valence-corrected chi connectivity index (χ2v) is 2.48. The summed E-state index contributed by atoms with van der Waals surface area (Å²) in [5.74, 6) is 0. The van der Waals surface area contributed by atoms with Gasteiger partial charge in [0.2, 0.25) is 0 Å². The van der Waals surface area contributed by atoms with Crippen LogP contribution in [0.25, 0.3) is 0 Å². The third-order valence-electron chi connectivity index (χ3n) is 1.51. The van der Waals surface area contributed by atoms with Crippen LogP contribution in [0.1, 0.15) is 16.1 Å². The first-order valence-corrected chi connectivity index (χ1v) is 3.57. The molecule has 14 heavy (non-hydrogen) atoms. The van der Waals surface area contributed by atoms with Crippen LogP contribution < -0.4 is 0 Å². The molecule has 4 nitrogen and oxygen atoms in total. The zero-order valence-corrected chi connectivity index (χ0v) is 7.21. The van der Waals surface area contributed by atoms with Gasteiger partial charge in [-0.2, -0.15) is 18.3 Å². The molecule has 0 fully saturated rings. The lowest BCUT2D eigenvalue weighted by Crippen LogP contribution is -2.17. The largest absolute Gasteiger partial charge is 0.433 e. The van der Waals surface area contributed by atoms with Crippen molar-refractivity contribution in [3.8, 4) is 0 Å². The van der Waals surface area contributed by atoms with Crippen molar-refractivity contribution in [3.05, 3.63) is 17.5 Å². The van der Waals surface area contributed by atoms with Gasteiger partial charge in [-0.15, -0.1) is 0 Å². The Bertz CT molecular complexity index is 332. The number of alkyl halides is 3. The second-order valence-electron chi connectivity index (χ2n) is 2.48. The first kappa shape index (κ1) is 10.7. The van der Waals surface area contributed by atoms with Crippen molar-refractivity contribution in [1.82, 2.24) is 9.78 Å². The molecule has 7 heteroatoms. The zero-order chi connectivity index (χ0) is 10.8. The van der Waals surface area contributed by atoms with Crippen molar-refractivity contribution in [2.24, 2.45) is 0 Å². The van der Waals surface area contributed by atoms with Gasteiger partial charge in [0, 0.05) is 7.11 Å². The van der Waals surface area contributed by atoms with Crippen molar-refractivity contribution in [3.63, 3.8) is 0 Å². The molecular weight excluding hydrogens is 201 g/mol. The fraction of sp³-hybridized carbons (Fsp3) is 0.429. The highest BCUT2D eigenvalue weighted by Gasteiger charge is 2.38. The summed E-state index contributed by atoms with van der Waals surface area (Å²) in [6.07, 6.45) is -3.64. The molecule has 1 aromatic heterocycles. The molecule has 0 saturated carbocycles. The number of aromatic nitrogens is 2. The van der Waals surface area contributed by atoms with Gasteiger partial charge in [-0.3, -0.25) is 4.79 Å². The number of ether oxygens (including phenoxy) is 1. The van der Waals surface area contributed by atoms with Gasteiger partial charge in [-0.25, -0.2) is 4.68 Å². The number of halogens is 3. The number of carbonyl (C=O) groups excluding carboxylic acids is 1. The summed E-state index contributed by atoms with van der Waals surface area (Å²) in [7, 11) is 1.24. The predicted molar refractivity (Wildman–Crippen MR) is 39.6 cm³/mol. The molecule has 0 aliphatic rings. The molecule has 1 rings (SSSR count). The fourth-order valence-corrected chi connectivity index (χ4v) is 1.02. The average Bonchev–Trinajstić information content (AvgIpc) is 2.47. The van der Waals surface area contributed by atoms with E-state index in [2.05, 4.69) is 9.84 Å². The van der Waals surface area contributed by atoms with Gasteiger partial charge in [0.15, 0.2) is 12.0 Å². The molecule has 1 aromatic rings. The van der Waals surface area contributed by atoms with E-state index in [0.717, 1.165) is 6.20 Å². The molecule has 0 amide bonds. The number of methoxy groups -OCH3 is 1. The molecule has 0 aliphatic heterocycles. The van der Waals surface area contributed by atoms with Gasteiger partial charge in [0.05, 0.1) is 11.8 Å². The standard InChI is InChI=1S/C7H7F3N2O2/c1-14-4-12-6(7(8,9)10)5(3-13)2-11-12/h2-3H,4H2,1H3. The van der Waals surface area contributed by atoms with Crippen LogP contribution in [-0.2, 0) is 17.6 Å². The number of carbonyl (C=O) groups is 1. The molecule has 0 atom stereocenters. The minimum absolute atomic E-state index is 0.113. The second kappa shape index (κ2) is 3.79. The first-order valence-electron chi connectivity index (χ1n) is 3.57. The number of nitrogens with zero attached hydrogens (tertiary/aromatic N) is 2. The summed E-state index contributed by atoms with van der Waals surface area (Å²) >= 11 is 0. The SMILES string of the molecule is COCn1ncc(C=O)c1C(F)(F)F. The lowest BCUT2D eigenvalue weighted by atomic mass is 10.2. The van der Waals surface area contributed by atoms with Crippen LogP contribution in [0.2, 0.25) is 0 Å². The van der Waals surface area contributed by atoms with Gasteiger partial charge >= 0.3 is 6.18 Å². The molecule has 78 valence electrons. The van der Waals surface area contributed by atoms with Gasteiger partial charge < -0.3 is 4.74 Å². The fourth-order valence-electron chi connectivity index (χ4n) is 1.02. The van der Waals surface area contributed by atoms with Crippen molar-refractivity contribution >= 4 is 6.29 Å². The van der Waals surface area contributed by atoms with Crippen molar-refractivity contribution in [2.75, 3.05) is 7.11 Å². The van der Waals surface area contributed by atoms with Gasteiger partial charge in [-0.1, -0.05) is 0 Å². The molecule has 0 aliphatic carbocycles. The van der Waals surface area contributed by atoms with Crippen LogP contribution in [0.15, 0.2) is 6.20 Å². The van der Waals surface area contributed by atoms with E-state index >= 15 is 0 Å². The molecule has 0 N–H and O–H groups in total. The maximum Gasteiger partial charge on any atom is 0.433 e. The highest BCUT2D eigenvalue weighted by Crippen LogP contribution is 2.31. The smallest absolute Gasteiger partial charge is 0.362 e. The maximum absolute atomic E-state index is 12.4. The van der Waals surface area contributed by atoms with E-state index < -0.39 is 17.4 Å². The van der Waals surface area contributed by atoms with Gasteiger partial charge in [-0.05, 0) is 0 Å². The van der Waals surface area contributed by atoms with Crippen LogP contribution in [0.4, 0.5) is 13.2 Å². The summed E-state index contributed by atoms with van der Waals surface area (Å²) in [5, 5.41) is 3.38. The van der Waals surface area contributed by atoms with Crippen LogP contribution in [0.5, 0.6) is 0 Å². The number of rotatable bonds is 3. The summed E-state index contributed by atoms with van der Waals surface area (Å²) < 4.78 is 42.2. The molecule has 1 heterocycles. The number of hydrogen-bond donors (Lipinski definition) is 0. The molecule has 0 spiro atoms. The van der Waals surface area contributed by atoms with Gasteiger partial charge in [0.1, 0.15) is 6.73 Å². The number of hydrogen-bond acceptors (Lipinski definition) is 3. The Morgan fingerprint density at radius 3 is 2.71 bits per heavy atom. The molecule has 0 bridgehead atoms. The van der Waals surface area contributed by atoms with Crippen LogP contribution >= 0.6 is 0 Å². The Morgan fingerprint density at radius 1 is 1.64 bits per heavy atom. The van der Waals surface area contributed by atoms with E-state index in [1.807, 2.05) is 0 Å². The van der Waals surface area contributed by atoms with E-state index in [4.69, 9.17) is 0 Å². The Balaban J connectivity index is 3.19. The van der Waals surface area contributed by atoms with E-state index in [1.165, 1.54) is 7.11 Å². The number of aldehydes is 1. The summed E-state index contributed by atoms with van der Waals surface area (Å²) in [6, 6.07) is 0. The zero-order valence-electron chi connectivity index (χ0n) is 7.21. The van der Waals surface area contributed by atoms with E-state index in [0.29, 0.717) is 4.68 Å². The molecule has 0 unspecified atom stereocenters. The van der Waals surface area contributed by atoms with Crippen molar-refractivity contribution in [1.29, 1.82) is 0 Å². The predicted octanol–water partition coefficient (Wildman–Crippen LogP) is 1.32. The van der Waals surface area contributed by atoms with Crippen molar-refractivity contribution < 1.29 is 22.7 Å². The Hall–Kier alpha value is -1.37. The monoisotopic (exact) mass is 208 g/mol. The van der Waals surface area contributed by atoms with Crippen molar-refractivity contribution in [2.45, 2.75) is 12.9 Å². The Labute approximate surface area is 77.3 Å². The minimum atomic E-state index is -4.61. The lowest BCUT2D eigenvalue weighted by molar-refractivity contribution is -0.146. The highest BCUT2D eigenvalue weighted by molar-refractivity contribution is 5.76. The van der Waals surface area contributed by atoms with E-state index in [-0.39, 0.29) is 13.0 Å². The lowest BCUT2D eigenvalue weighted by Gasteiger charge is -2.09. The van der Waals surface area contributed by atoms with Crippen LogP contribution in [0, 0.1) is 0 Å². The van der Waals surface area contributed by atoms with Crippen LogP contribution in [0.3, 0.4) is 0 Å². The minimum Gasteiger partial charge on any atom is -0.362 e. The first-order chi connectivity index (χ1) is 6.50. The average molecular weight is 208 g/mol. The van der Waals surface area contributed by atoms with E-state index in [9.17, 15) is 18.0 Å². The highest BCUT2D eigenvalue weighted by atomic mass is 19.4. The molecule has 0 saturated heterocycles.